The van der Waals surface area contributed by atoms with Gasteiger partial charge in [0.15, 0.2) is 0 Å². The Bertz CT molecular complexity index is 157. The first-order valence-electron chi connectivity index (χ1n) is 4.33. The van der Waals surface area contributed by atoms with E-state index in [9.17, 15) is 4.79 Å². The van der Waals surface area contributed by atoms with Crippen LogP contribution in [0, 0.1) is 0 Å². The first-order chi connectivity index (χ1) is 5.70. The Labute approximate surface area is 85.7 Å². The maximum Gasteiger partial charge on any atom is 0.236 e. The second-order valence-electron chi connectivity index (χ2n) is 3.37. The van der Waals surface area contributed by atoms with Crippen molar-refractivity contribution >= 4 is 18.3 Å². The van der Waals surface area contributed by atoms with Crippen LogP contribution in [0.1, 0.15) is 0 Å². The third-order valence-electron chi connectivity index (χ3n) is 1.92. The molecule has 78 valence electrons. The van der Waals surface area contributed by atoms with Crippen molar-refractivity contribution in [2.75, 3.05) is 46.8 Å². The molecule has 1 amide bonds. The predicted molar refractivity (Wildman–Crippen MR) is 55.3 cm³/mol. The highest BCUT2D eigenvalue weighted by molar-refractivity contribution is 5.85. The average Bonchev–Trinajstić information content (AvgIpc) is 2.05. The lowest BCUT2D eigenvalue weighted by Crippen LogP contribution is -2.48. The molecular weight excluding hydrogens is 190 g/mol. The lowest BCUT2D eigenvalue weighted by Gasteiger charge is -2.28. The monoisotopic (exact) mass is 207 g/mol. The molecule has 0 radical (unpaired) electrons. The molecule has 1 aliphatic heterocycles. The van der Waals surface area contributed by atoms with Crippen molar-refractivity contribution in [2.24, 2.45) is 0 Å². The van der Waals surface area contributed by atoms with Crippen LogP contribution in [-0.2, 0) is 4.79 Å². The van der Waals surface area contributed by atoms with Crippen molar-refractivity contribution in [2.45, 2.75) is 0 Å². The normalized spacial score (nSPS) is 17.0. The van der Waals surface area contributed by atoms with E-state index < -0.39 is 0 Å². The highest BCUT2D eigenvalue weighted by Crippen LogP contribution is 1.93. The number of hydrogen-bond donors (Lipinski definition) is 1. The molecule has 0 unspecified atom stereocenters. The van der Waals surface area contributed by atoms with E-state index in [1.54, 1.807) is 0 Å². The lowest BCUT2D eigenvalue weighted by atomic mass is 10.3. The zero-order chi connectivity index (χ0) is 8.97. The largest absolute Gasteiger partial charge is 0.339 e. The van der Waals surface area contributed by atoms with Crippen LogP contribution < -0.4 is 5.32 Å². The van der Waals surface area contributed by atoms with Gasteiger partial charge >= 0.3 is 0 Å². The molecule has 13 heavy (non-hydrogen) atoms. The molecule has 5 heteroatoms. The molecule has 0 spiro atoms. The van der Waals surface area contributed by atoms with E-state index in [4.69, 9.17) is 0 Å². The van der Waals surface area contributed by atoms with Crippen molar-refractivity contribution < 1.29 is 4.79 Å². The van der Waals surface area contributed by atoms with E-state index >= 15 is 0 Å². The molecule has 0 aliphatic carbocycles. The van der Waals surface area contributed by atoms with Gasteiger partial charge in [0.1, 0.15) is 0 Å². The molecule has 0 atom stereocenters. The third kappa shape index (κ3) is 4.45. The molecule has 1 rings (SSSR count). The molecule has 0 aromatic carbocycles. The van der Waals surface area contributed by atoms with Crippen molar-refractivity contribution in [3.63, 3.8) is 0 Å². The highest BCUT2D eigenvalue weighted by atomic mass is 35.5. The topological polar surface area (TPSA) is 35.6 Å². The summed E-state index contributed by atoms with van der Waals surface area (Å²) in [5.74, 6) is 0.238. The summed E-state index contributed by atoms with van der Waals surface area (Å²) >= 11 is 0. The van der Waals surface area contributed by atoms with Gasteiger partial charge in [0, 0.05) is 26.2 Å². The quantitative estimate of drug-likeness (QED) is 0.657. The van der Waals surface area contributed by atoms with Gasteiger partial charge in [0.2, 0.25) is 5.91 Å². The van der Waals surface area contributed by atoms with E-state index in [0.717, 1.165) is 26.2 Å². The molecule has 0 bridgehead atoms. The fourth-order valence-corrected chi connectivity index (χ4v) is 1.28. The predicted octanol–water partition coefficient (Wildman–Crippen LogP) is -0.598. The van der Waals surface area contributed by atoms with Gasteiger partial charge in [-0.3, -0.25) is 4.79 Å². The van der Waals surface area contributed by atoms with Crippen molar-refractivity contribution in [3.8, 4) is 0 Å². The summed E-state index contributed by atoms with van der Waals surface area (Å²) in [4.78, 5) is 15.3. The Hall–Kier alpha value is -0.320. The number of likely N-dealkylation sites (N-methyl/N-ethyl adjacent to an activating group) is 1. The molecule has 1 N–H and O–H groups in total. The standard InChI is InChI=1S/C8H17N3O.ClH/c1-10(2)7-8(12)11-5-3-9-4-6-11;/h9H,3-7H2,1-2H3;1H. The Kier molecular flexibility index (Phi) is 6.03. The summed E-state index contributed by atoms with van der Waals surface area (Å²) in [6, 6.07) is 0. The molecule has 1 heterocycles. The maximum atomic E-state index is 11.5. The zero-order valence-electron chi connectivity index (χ0n) is 8.25. The van der Waals surface area contributed by atoms with Crippen molar-refractivity contribution in [1.82, 2.24) is 15.1 Å². The van der Waals surface area contributed by atoms with Gasteiger partial charge in [-0.2, -0.15) is 0 Å². The number of carbonyl (C=O) groups excluding carboxylic acids is 1. The van der Waals surface area contributed by atoms with Crippen LogP contribution in [0.2, 0.25) is 0 Å². The summed E-state index contributed by atoms with van der Waals surface area (Å²) in [5.41, 5.74) is 0. The number of nitrogens with one attached hydrogen (secondary N) is 1. The summed E-state index contributed by atoms with van der Waals surface area (Å²) < 4.78 is 0. The highest BCUT2D eigenvalue weighted by Gasteiger charge is 2.15. The van der Waals surface area contributed by atoms with Crippen LogP contribution in [-0.4, -0.2) is 62.5 Å². The zero-order valence-corrected chi connectivity index (χ0v) is 9.06. The van der Waals surface area contributed by atoms with Crippen molar-refractivity contribution in [1.29, 1.82) is 0 Å². The van der Waals surface area contributed by atoms with Gasteiger partial charge in [-0.15, -0.1) is 12.4 Å². The lowest BCUT2D eigenvalue weighted by molar-refractivity contribution is -0.132. The number of amides is 1. The van der Waals surface area contributed by atoms with Crippen LogP contribution in [0.25, 0.3) is 0 Å². The molecule has 0 aromatic heterocycles. The van der Waals surface area contributed by atoms with E-state index in [1.165, 1.54) is 0 Å². The molecule has 1 saturated heterocycles. The molecule has 1 fully saturated rings. The van der Waals surface area contributed by atoms with Gasteiger partial charge in [-0.05, 0) is 14.1 Å². The van der Waals surface area contributed by atoms with Gasteiger partial charge < -0.3 is 15.1 Å². The smallest absolute Gasteiger partial charge is 0.236 e. The van der Waals surface area contributed by atoms with Gasteiger partial charge in [-0.1, -0.05) is 0 Å². The first kappa shape index (κ1) is 12.7. The summed E-state index contributed by atoms with van der Waals surface area (Å²) in [5, 5.41) is 3.22. The number of piperazine rings is 1. The molecule has 0 saturated carbocycles. The summed E-state index contributed by atoms with van der Waals surface area (Å²) in [7, 11) is 3.83. The fraction of sp³-hybridized carbons (Fsp3) is 0.875. The summed E-state index contributed by atoms with van der Waals surface area (Å²) in [6.07, 6.45) is 0. The number of rotatable bonds is 2. The van der Waals surface area contributed by atoms with Gasteiger partial charge in [0.25, 0.3) is 0 Å². The minimum Gasteiger partial charge on any atom is -0.339 e. The number of halogens is 1. The van der Waals surface area contributed by atoms with Crippen LogP contribution in [0.4, 0.5) is 0 Å². The number of nitrogens with zero attached hydrogens (tertiary/aromatic N) is 2. The maximum absolute atomic E-state index is 11.5. The second-order valence-corrected chi connectivity index (χ2v) is 3.37. The van der Waals surface area contributed by atoms with E-state index in [-0.39, 0.29) is 18.3 Å². The first-order valence-corrected chi connectivity index (χ1v) is 4.33. The minimum absolute atomic E-state index is 0. The van der Waals surface area contributed by atoms with E-state index in [1.807, 2.05) is 23.9 Å². The van der Waals surface area contributed by atoms with Crippen LogP contribution in [0.5, 0.6) is 0 Å². The van der Waals surface area contributed by atoms with E-state index in [0.29, 0.717) is 6.54 Å². The minimum atomic E-state index is 0. The Morgan fingerprint density at radius 1 is 1.38 bits per heavy atom. The van der Waals surface area contributed by atoms with Crippen LogP contribution >= 0.6 is 12.4 Å². The van der Waals surface area contributed by atoms with Crippen LogP contribution in [0.15, 0.2) is 0 Å². The SMILES string of the molecule is CN(C)CC(=O)N1CCNCC1.Cl. The Morgan fingerprint density at radius 2 is 1.92 bits per heavy atom. The van der Waals surface area contributed by atoms with Gasteiger partial charge in [0.05, 0.1) is 6.54 Å². The molecule has 1 aliphatic rings. The second kappa shape index (κ2) is 6.18. The van der Waals surface area contributed by atoms with Crippen LogP contribution in [0.3, 0.4) is 0 Å². The van der Waals surface area contributed by atoms with Gasteiger partial charge in [-0.25, -0.2) is 0 Å². The summed E-state index contributed by atoms with van der Waals surface area (Å²) in [6.45, 7) is 4.09. The van der Waals surface area contributed by atoms with Crippen molar-refractivity contribution in [3.05, 3.63) is 0 Å². The molecule has 0 aromatic rings. The Morgan fingerprint density at radius 3 is 2.38 bits per heavy atom. The number of hydrogen-bond acceptors (Lipinski definition) is 3. The number of carbonyl (C=O) groups is 1. The molecule has 4 nitrogen and oxygen atoms in total. The van der Waals surface area contributed by atoms with E-state index in [2.05, 4.69) is 5.32 Å². The Balaban J connectivity index is 0.00000144. The fourth-order valence-electron chi connectivity index (χ4n) is 1.28. The molecular formula is C8H18ClN3O. The third-order valence-corrected chi connectivity index (χ3v) is 1.92. The average molecular weight is 208 g/mol.